The zero-order chi connectivity index (χ0) is 21.7. The van der Waals surface area contributed by atoms with Gasteiger partial charge in [-0.1, -0.05) is 38.3 Å². The first-order valence-corrected chi connectivity index (χ1v) is 10.7. The van der Waals surface area contributed by atoms with Crippen LogP contribution in [-0.4, -0.2) is 53.5 Å². The number of benzene rings is 1. The van der Waals surface area contributed by atoms with Gasteiger partial charge in [0.25, 0.3) is 5.91 Å². The SMILES string of the molecule is CCN(CCC(=O)NN1C(=O)NC2(CCCCC2)C1=O)C(C)c1cccc(OC)c1. The van der Waals surface area contributed by atoms with Gasteiger partial charge in [0.05, 0.1) is 7.11 Å². The Kier molecular flexibility index (Phi) is 6.97. The molecule has 1 aromatic rings. The highest BCUT2D eigenvalue weighted by atomic mass is 16.5. The molecule has 8 heteroatoms. The van der Waals surface area contributed by atoms with Gasteiger partial charge < -0.3 is 10.1 Å². The minimum Gasteiger partial charge on any atom is -0.497 e. The molecule has 0 bridgehead atoms. The lowest BCUT2D eigenvalue weighted by Crippen LogP contribution is -2.51. The summed E-state index contributed by atoms with van der Waals surface area (Å²) in [5.74, 6) is 0.114. The van der Waals surface area contributed by atoms with Crippen molar-refractivity contribution < 1.29 is 19.1 Å². The zero-order valence-corrected chi connectivity index (χ0v) is 18.1. The number of methoxy groups -OCH3 is 1. The third-order valence-electron chi connectivity index (χ3n) is 6.26. The van der Waals surface area contributed by atoms with Gasteiger partial charge in [0.1, 0.15) is 11.3 Å². The predicted molar refractivity (Wildman–Crippen MR) is 113 cm³/mol. The Labute approximate surface area is 177 Å². The van der Waals surface area contributed by atoms with Gasteiger partial charge in [-0.3, -0.25) is 19.9 Å². The van der Waals surface area contributed by atoms with E-state index in [0.29, 0.717) is 19.4 Å². The Morgan fingerprint density at radius 1 is 1.30 bits per heavy atom. The maximum absolute atomic E-state index is 12.8. The van der Waals surface area contributed by atoms with Crippen molar-refractivity contribution in [1.82, 2.24) is 20.7 Å². The topological polar surface area (TPSA) is 91.0 Å². The number of rotatable bonds is 8. The second-order valence-corrected chi connectivity index (χ2v) is 8.08. The van der Waals surface area contributed by atoms with E-state index in [1.165, 1.54) is 0 Å². The third-order valence-corrected chi connectivity index (χ3v) is 6.26. The van der Waals surface area contributed by atoms with Crippen LogP contribution in [0.15, 0.2) is 24.3 Å². The fraction of sp³-hybridized carbons (Fsp3) is 0.591. The summed E-state index contributed by atoms with van der Waals surface area (Å²) in [5.41, 5.74) is 2.78. The summed E-state index contributed by atoms with van der Waals surface area (Å²) in [5, 5.41) is 3.67. The van der Waals surface area contributed by atoms with E-state index in [-0.39, 0.29) is 24.3 Å². The van der Waals surface area contributed by atoms with Crippen molar-refractivity contribution in [3.8, 4) is 5.75 Å². The highest BCUT2D eigenvalue weighted by molar-refractivity contribution is 6.08. The molecule has 1 aliphatic heterocycles. The number of ether oxygens (including phenoxy) is 1. The smallest absolute Gasteiger partial charge is 0.344 e. The van der Waals surface area contributed by atoms with Gasteiger partial charge in [-0.25, -0.2) is 4.79 Å². The molecule has 8 nitrogen and oxygen atoms in total. The maximum Gasteiger partial charge on any atom is 0.344 e. The molecule has 0 radical (unpaired) electrons. The number of amides is 4. The van der Waals surface area contributed by atoms with E-state index in [2.05, 4.69) is 22.6 Å². The van der Waals surface area contributed by atoms with Crippen LogP contribution in [0.3, 0.4) is 0 Å². The molecule has 3 rings (SSSR count). The molecule has 0 aromatic heterocycles. The molecular formula is C22H32N4O4. The third kappa shape index (κ3) is 4.59. The molecule has 1 saturated carbocycles. The van der Waals surface area contributed by atoms with Crippen LogP contribution in [-0.2, 0) is 9.59 Å². The standard InChI is InChI=1S/C22H32N4O4/c1-4-25(16(2)17-9-8-10-18(15-17)30-3)14-11-19(27)24-26-20(28)22(23-21(26)29)12-6-5-7-13-22/h8-10,15-16H,4-7,11-14H2,1-3H3,(H,23,29)(H,24,27). The Morgan fingerprint density at radius 2 is 2.03 bits per heavy atom. The Balaban J connectivity index is 1.56. The Morgan fingerprint density at radius 3 is 2.70 bits per heavy atom. The van der Waals surface area contributed by atoms with Crippen LogP contribution < -0.4 is 15.5 Å². The van der Waals surface area contributed by atoms with E-state index < -0.39 is 11.6 Å². The molecule has 1 saturated heterocycles. The van der Waals surface area contributed by atoms with Gasteiger partial charge in [0, 0.05) is 19.0 Å². The monoisotopic (exact) mass is 416 g/mol. The number of hydrogen-bond donors (Lipinski definition) is 2. The molecule has 1 aliphatic carbocycles. The lowest BCUT2D eigenvalue weighted by molar-refractivity contribution is -0.140. The van der Waals surface area contributed by atoms with Crippen molar-refractivity contribution in [3.05, 3.63) is 29.8 Å². The first kappa shape index (κ1) is 22.1. The van der Waals surface area contributed by atoms with Crippen LogP contribution in [0.1, 0.15) is 64.0 Å². The second kappa shape index (κ2) is 9.47. The second-order valence-electron chi connectivity index (χ2n) is 8.08. The highest BCUT2D eigenvalue weighted by Crippen LogP contribution is 2.33. The van der Waals surface area contributed by atoms with Gasteiger partial charge in [-0.05, 0) is 44.0 Å². The van der Waals surface area contributed by atoms with E-state index in [1.807, 2.05) is 31.2 Å². The molecule has 1 atom stereocenters. The largest absolute Gasteiger partial charge is 0.497 e. The van der Waals surface area contributed by atoms with Crippen molar-refractivity contribution in [2.45, 2.75) is 64.0 Å². The summed E-state index contributed by atoms with van der Waals surface area (Å²) in [6.07, 6.45) is 4.32. The average molecular weight is 417 g/mol. The van der Waals surface area contributed by atoms with Gasteiger partial charge >= 0.3 is 6.03 Å². The molecule has 164 valence electrons. The molecular weight excluding hydrogens is 384 g/mol. The quantitative estimate of drug-likeness (QED) is 0.636. The molecule has 1 aromatic carbocycles. The van der Waals surface area contributed by atoms with Gasteiger partial charge in [-0.2, -0.15) is 5.01 Å². The van der Waals surface area contributed by atoms with Crippen molar-refractivity contribution in [2.24, 2.45) is 0 Å². The number of carbonyl (C=O) groups excluding carboxylic acids is 3. The van der Waals surface area contributed by atoms with Crippen LogP contribution in [0.2, 0.25) is 0 Å². The summed E-state index contributed by atoms with van der Waals surface area (Å²) in [6, 6.07) is 7.44. The molecule has 4 amide bonds. The van der Waals surface area contributed by atoms with Gasteiger partial charge in [0.2, 0.25) is 5.91 Å². The van der Waals surface area contributed by atoms with E-state index in [0.717, 1.165) is 42.1 Å². The predicted octanol–water partition coefficient (Wildman–Crippen LogP) is 2.75. The van der Waals surface area contributed by atoms with E-state index in [9.17, 15) is 14.4 Å². The number of nitrogens with one attached hydrogen (secondary N) is 2. The minimum absolute atomic E-state index is 0.0973. The normalized spacial score (nSPS) is 19.1. The van der Waals surface area contributed by atoms with Crippen molar-refractivity contribution in [2.75, 3.05) is 20.2 Å². The average Bonchev–Trinajstić information content (AvgIpc) is 2.98. The minimum atomic E-state index is -0.834. The highest BCUT2D eigenvalue weighted by Gasteiger charge is 2.52. The van der Waals surface area contributed by atoms with Crippen molar-refractivity contribution >= 4 is 17.8 Å². The summed E-state index contributed by atoms with van der Waals surface area (Å²) in [4.78, 5) is 39.8. The number of imide groups is 1. The van der Waals surface area contributed by atoms with Crippen molar-refractivity contribution in [3.63, 3.8) is 0 Å². The maximum atomic E-state index is 12.8. The fourth-order valence-electron chi connectivity index (χ4n) is 4.38. The molecule has 2 N–H and O–H groups in total. The van der Waals surface area contributed by atoms with Crippen molar-refractivity contribution in [1.29, 1.82) is 0 Å². The fourth-order valence-corrected chi connectivity index (χ4v) is 4.38. The van der Waals surface area contributed by atoms with Crippen LogP contribution in [0.25, 0.3) is 0 Å². The van der Waals surface area contributed by atoms with Gasteiger partial charge in [-0.15, -0.1) is 0 Å². The Bertz CT molecular complexity index is 791. The number of hydrazine groups is 1. The Hall–Kier alpha value is -2.61. The van der Waals surface area contributed by atoms with Crippen LogP contribution in [0.5, 0.6) is 5.75 Å². The van der Waals surface area contributed by atoms with E-state index >= 15 is 0 Å². The van der Waals surface area contributed by atoms with Gasteiger partial charge in [0.15, 0.2) is 0 Å². The first-order chi connectivity index (χ1) is 14.4. The molecule has 1 unspecified atom stereocenters. The molecule has 2 fully saturated rings. The lowest BCUT2D eigenvalue weighted by atomic mass is 9.82. The molecule has 30 heavy (non-hydrogen) atoms. The summed E-state index contributed by atoms with van der Waals surface area (Å²) < 4.78 is 5.30. The number of nitrogens with zero attached hydrogens (tertiary/aromatic N) is 2. The summed E-state index contributed by atoms with van der Waals surface area (Å²) in [7, 11) is 1.64. The van der Waals surface area contributed by atoms with E-state index in [1.54, 1.807) is 7.11 Å². The van der Waals surface area contributed by atoms with Crippen LogP contribution in [0.4, 0.5) is 4.79 Å². The van der Waals surface area contributed by atoms with Crippen LogP contribution >= 0.6 is 0 Å². The summed E-state index contributed by atoms with van der Waals surface area (Å²) in [6.45, 7) is 5.40. The molecule has 2 aliphatic rings. The molecule has 1 spiro atoms. The molecule has 1 heterocycles. The zero-order valence-electron chi connectivity index (χ0n) is 18.1. The number of carbonyl (C=O) groups is 3. The van der Waals surface area contributed by atoms with E-state index in [4.69, 9.17) is 4.74 Å². The van der Waals surface area contributed by atoms with Crippen LogP contribution in [0, 0.1) is 0 Å². The lowest BCUT2D eigenvalue weighted by Gasteiger charge is -2.30. The number of hydrogen-bond acceptors (Lipinski definition) is 5. The first-order valence-electron chi connectivity index (χ1n) is 10.7. The summed E-state index contributed by atoms with van der Waals surface area (Å²) >= 11 is 0. The number of urea groups is 1.